The summed E-state index contributed by atoms with van der Waals surface area (Å²) in [5, 5.41) is 0. The van der Waals surface area contributed by atoms with Crippen LogP contribution in [0.15, 0.2) is 29.2 Å². The first-order chi connectivity index (χ1) is 16.3. The van der Waals surface area contributed by atoms with Crippen LogP contribution in [-0.2, 0) is 16.1 Å². The number of nitrogens with zero attached hydrogens (tertiary/aromatic N) is 1. The lowest BCUT2D eigenvalue weighted by Crippen LogP contribution is -2.61. The van der Waals surface area contributed by atoms with Crippen molar-refractivity contribution in [2.45, 2.75) is 89.7 Å². The fourth-order valence-corrected chi connectivity index (χ4v) is 9.73. The molecule has 3 aliphatic carbocycles. The van der Waals surface area contributed by atoms with Crippen LogP contribution >= 0.6 is 11.8 Å². The summed E-state index contributed by atoms with van der Waals surface area (Å²) in [5.41, 5.74) is 2.07. The molecular weight excluding hydrogens is 438 g/mol. The Bertz CT molecular complexity index is 886. The Hall–Kier alpha value is -1.00. The largest absolute Gasteiger partial charge is 0.376 e. The Morgan fingerprint density at radius 1 is 1.03 bits per heavy atom. The number of piperidine rings is 1. The van der Waals surface area contributed by atoms with Gasteiger partial charge in [-0.25, -0.2) is 0 Å². The third kappa shape index (κ3) is 4.05. The number of likely N-dealkylation sites (tertiary alicyclic amines) is 1. The van der Waals surface area contributed by atoms with E-state index in [1.165, 1.54) is 49.0 Å². The average Bonchev–Trinajstić information content (AvgIpc) is 3.19. The van der Waals surface area contributed by atoms with E-state index < -0.39 is 0 Å². The monoisotopic (exact) mass is 483 g/mol. The maximum absolute atomic E-state index is 12.4. The van der Waals surface area contributed by atoms with Crippen LogP contribution in [0.5, 0.6) is 0 Å². The molecule has 1 aliphatic heterocycles. The smallest absolute Gasteiger partial charge is 0.222 e. The minimum Gasteiger partial charge on any atom is -0.376 e. The number of fused-ring (bicyclic) bond motifs is 5. The molecule has 188 valence electrons. The predicted molar refractivity (Wildman–Crippen MR) is 141 cm³/mol. The minimum atomic E-state index is 0.325. The second-order valence-electron chi connectivity index (χ2n) is 12.5. The Morgan fingerprint density at radius 3 is 2.50 bits per heavy atom. The van der Waals surface area contributed by atoms with Gasteiger partial charge in [-0.1, -0.05) is 32.9 Å². The van der Waals surface area contributed by atoms with Gasteiger partial charge in [-0.05, 0) is 109 Å². The van der Waals surface area contributed by atoms with Gasteiger partial charge in [-0.15, -0.1) is 11.8 Å². The summed E-state index contributed by atoms with van der Waals surface area (Å²) in [6.07, 6.45) is 12.0. The van der Waals surface area contributed by atoms with Crippen molar-refractivity contribution in [1.29, 1.82) is 0 Å². The molecule has 8 atom stereocenters. The number of ether oxygens (including phenoxy) is 1. The average molecular weight is 484 g/mol. The van der Waals surface area contributed by atoms with E-state index in [0.717, 1.165) is 49.7 Å². The minimum absolute atomic E-state index is 0.325. The first-order valence-corrected chi connectivity index (χ1v) is 15.0. The standard InChI is InChI=1S/C30H45NO2S/c1-20(18-33-19-21-6-8-22(34-5)9-7-21)24-11-12-25-23-10-13-27-30(3,17-15-28(32)31(27)4)26(23)14-16-29(24,25)2/h6-9,20,23-27H,10-19H2,1-5H3/t20?,23-,24+,25-,26-,27?,29+,30+/m0/s1. The van der Waals surface area contributed by atoms with Crippen LogP contribution < -0.4 is 0 Å². The summed E-state index contributed by atoms with van der Waals surface area (Å²) < 4.78 is 6.26. The topological polar surface area (TPSA) is 29.5 Å². The van der Waals surface area contributed by atoms with Gasteiger partial charge in [0.1, 0.15) is 0 Å². The van der Waals surface area contributed by atoms with Crippen molar-refractivity contribution in [3.05, 3.63) is 29.8 Å². The highest BCUT2D eigenvalue weighted by molar-refractivity contribution is 7.98. The molecule has 2 unspecified atom stereocenters. The summed E-state index contributed by atoms with van der Waals surface area (Å²) in [7, 11) is 2.07. The van der Waals surface area contributed by atoms with E-state index in [1.807, 2.05) is 0 Å². The fourth-order valence-electron chi connectivity index (χ4n) is 9.33. The molecule has 3 nitrogen and oxygen atoms in total. The molecular formula is C30H45NO2S. The normalized spacial score (nSPS) is 40.4. The van der Waals surface area contributed by atoms with Crippen LogP contribution in [0.25, 0.3) is 0 Å². The zero-order valence-corrected chi connectivity index (χ0v) is 22.8. The first-order valence-electron chi connectivity index (χ1n) is 13.7. The predicted octanol–water partition coefficient (Wildman–Crippen LogP) is 7.04. The van der Waals surface area contributed by atoms with E-state index in [0.29, 0.717) is 28.7 Å². The van der Waals surface area contributed by atoms with E-state index in [2.05, 4.69) is 63.2 Å². The lowest BCUT2D eigenvalue weighted by molar-refractivity contribution is -0.159. The fraction of sp³-hybridized carbons (Fsp3) is 0.767. The Morgan fingerprint density at radius 2 is 1.76 bits per heavy atom. The number of hydrogen-bond donors (Lipinski definition) is 0. The Kier molecular flexibility index (Phi) is 6.87. The van der Waals surface area contributed by atoms with Crippen molar-refractivity contribution in [2.75, 3.05) is 19.9 Å². The zero-order valence-electron chi connectivity index (χ0n) is 22.0. The zero-order chi connectivity index (χ0) is 24.1. The molecule has 3 saturated carbocycles. The van der Waals surface area contributed by atoms with Crippen LogP contribution in [0, 0.1) is 40.4 Å². The highest BCUT2D eigenvalue weighted by atomic mass is 32.2. The van der Waals surface area contributed by atoms with Gasteiger partial charge >= 0.3 is 0 Å². The second-order valence-corrected chi connectivity index (χ2v) is 13.4. The van der Waals surface area contributed by atoms with Crippen molar-refractivity contribution < 1.29 is 9.53 Å². The maximum atomic E-state index is 12.4. The summed E-state index contributed by atoms with van der Waals surface area (Å²) in [6, 6.07) is 9.27. The van der Waals surface area contributed by atoms with Gasteiger partial charge in [-0.2, -0.15) is 0 Å². The highest BCUT2D eigenvalue weighted by Crippen LogP contribution is 2.67. The molecule has 1 aromatic rings. The van der Waals surface area contributed by atoms with Gasteiger partial charge in [0.2, 0.25) is 5.91 Å². The molecule has 1 amide bonds. The van der Waals surface area contributed by atoms with Gasteiger partial charge in [0.05, 0.1) is 6.61 Å². The molecule has 34 heavy (non-hydrogen) atoms. The summed E-state index contributed by atoms with van der Waals surface area (Å²) >= 11 is 1.79. The summed E-state index contributed by atoms with van der Waals surface area (Å²) in [6.45, 7) is 9.21. The summed E-state index contributed by atoms with van der Waals surface area (Å²) in [5.74, 6) is 4.28. The van der Waals surface area contributed by atoms with E-state index >= 15 is 0 Å². The molecule has 0 spiro atoms. The first kappa shape index (κ1) is 24.7. The van der Waals surface area contributed by atoms with Gasteiger partial charge in [-0.3, -0.25) is 4.79 Å². The van der Waals surface area contributed by atoms with Crippen LogP contribution in [0.3, 0.4) is 0 Å². The Balaban J connectivity index is 1.23. The van der Waals surface area contributed by atoms with Crippen LogP contribution in [0.2, 0.25) is 0 Å². The number of rotatable bonds is 6. The molecule has 4 heteroatoms. The van der Waals surface area contributed by atoms with E-state index in [1.54, 1.807) is 11.8 Å². The number of thioether (sulfide) groups is 1. The van der Waals surface area contributed by atoms with Crippen LogP contribution in [0.1, 0.15) is 77.7 Å². The van der Waals surface area contributed by atoms with E-state index in [9.17, 15) is 4.79 Å². The van der Waals surface area contributed by atoms with Crippen molar-refractivity contribution in [2.24, 2.45) is 40.4 Å². The number of hydrogen-bond acceptors (Lipinski definition) is 3. The molecule has 5 rings (SSSR count). The van der Waals surface area contributed by atoms with Crippen LogP contribution in [-0.4, -0.2) is 36.8 Å². The third-order valence-corrected chi connectivity index (χ3v) is 11.9. The molecule has 4 fully saturated rings. The van der Waals surface area contributed by atoms with Crippen molar-refractivity contribution in [1.82, 2.24) is 4.90 Å². The SMILES string of the molecule is CSc1ccc(COCC(C)[C@H]2CC[C@H]3[C@@H]4CCC5N(C)C(=O)CC[C@]5(C)[C@H]4CC[C@]23C)cc1. The van der Waals surface area contributed by atoms with Crippen molar-refractivity contribution in [3.8, 4) is 0 Å². The lowest BCUT2D eigenvalue weighted by Gasteiger charge is -2.62. The number of carbonyl (C=O) groups is 1. The molecule has 0 radical (unpaired) electrons. The molecule has 0 aromatic heterocycles. The quantitative estimate of drug-likeness (QED) is 0.406. The van der Waals surface area contributed by atoms with Crippen molar-refractivity contribution >= 4 is 17.7 Å². The van der Waals surface area contributed by atoms with Crippen molar-refractivity contribution in [3.63, 3.8) is 0 Å². The van der Waals surface area contributed by atoms with E-state index in [-0.39, 0.29) is 0 Å². The second kappa shape index (κ2) is 9.47. The van der Waals surface area contributed by atoms with Gasteiger partial charge in [0, 0.05) is 31.0 Å². The van der Waals surface area contributed by atoms with E-state index in [4.69, 9.17) is 4.74 Å². The number of benzene rings is 1. The molecule has 1 saturated heterocycles. The molecule has 0 N–H and O–H groups in total. The van der Waals surface area contributed by atoms with Gasteiger partial charge in [0.15, 0.2) is 0 Å². The van der Waals surface area contributed by atoms with Crippen LogP contribution in [0.4, 0.5) is 0 Å². The maximum Gasteiger partial charge on any atom is 0.222 e. The number of carbonyl (C=O) groups excluding carboxylic acids is 1. The Labute approximate surface area is 211 Å². The van der Waals surface area contributed by atoms with Gasteiger partial charge in [0.25, 0.3) is 0 Å². The molecule has 0 bridgehead atoms. The molecule has 1 heterocycles. The number of amides is 1. The molecule has 1 aromatic carbocycles. The molecule has 4 aliphatic rings. The van der Waals surface area contributed by atoms with Gasteiger partial charge < -0.3 is 9.64 Å². The third-order valence-electron chi connectivity index (χ3n) is 11.1. The highest BCUT2D eigenvalue weighted by Gasteiger charge is 2.61. The lowest BCUT2D eigenvalue weighted by atomic mass is 9.46. The summed E-state index contributed by atoms with van der Waals surface area (Å²) in [4.78, 5) is 15.9.